The third kappa shape index (κ3) is 3.67. The van der Waals surface area contributed by atoms with Crippen molar-refractivity contribution in [2.24, 2.45) is 11.8 Å². The summed E-state index contributed by atoms with van der Waals surface area (Å²) in [4.78, 5) is 13.9. The summed E-state index contributed by atoms with van der Waals surface area (Å²) < 4.78 is 5.98. The molecular weight excluding hydrogens is 264 g/mol. The van der Waals surface area contributed by atoms with E-state index in [1.54, 1.807) is 7.05 Å². The molecule has 0 bridgehead atoms. The predicted octanol–water partition coefficient (Wildman–Crippen LogP) is 2.75. The number of nitrogens with one attached hydrogen (secondary N) is 1. The highest BCUT2D eigenvalue weighted by Gasteiger charge is 2.36. The lowest BCUT2D eigenvalue weighted by Crippen LogP contribution is -2.34. The van der Waals surface area contributed by atoms with E-state index in [9.17, 15) is 4.79 Å². The van der Waals surface area contributed by atoms with Crippen molar-refractivity contribution in [3.63, 3.8) is 0 Å². The molecule has 1 saturated carbocycles. The van der Waals surface area contributed by atoms with Crippen LogP contribution in [0.4, 0.5) is 0 Å². The topological polar surface area (TPSA) is 45.5 Å². The number of hydrogen-bond donors (Lipinski definition) is 1. The zero-order chi connectivity index (χ0) is 14.8. The number of furan rings is 1. The van der Waals surface area contributed by atoms with Crippen molar-refractivity contribution in [1.82, 2.24) is 10.2 Å². The molecule has 0 radical (unpaired) electrons. The van der Waals surface area contributed by atoms with Crippen molar-refractivity contribution in [3.8, 4) is 0 Å². The molecule has 4 heteroatoms. The van der Waals surface area contributed by atoms with E-state index in [0.29, 0.717) is 18.3 Å². The van der Waals surface area contributed by atoms with E-state index < -0.39 is 0 Å². The van der Waals surface area contributed by atoms with E-state index >= 15 is 0 Å². The quantitative estimate of drug-likeness (QED) is 0.907. The van der Waals surface area contributed by atoms with Gasteiger partial charge >= 0.3 is 0 Å². The molecule has 2 aliphatic rings. The van der Waals surface area contributed by atoms with Crippen molar-refractivity contribution in [2.75, 3.05) is 20.1 Å². The Morgan fingerprint density at radius 3 is 2.71 bits per heavy atom. The summed E-state index contributed by atoms with van der Waals surface area (Å²) in [5, 5.41) is 2.72. The third-order valence-corrected chi connectivity index (χ3v) is 5.00. The molecule has 1 amide bonds. The van der Waals surface area contributed by atoms with E-state index in [2.05, 4.69) is 29.3 Å². The van der Waals surface area contributed by atoms with E-state index in [1.165, 1.54) is 12.2 Å². The van der Waals surface area contributed by atoms with Gasteiger partial charge in [-0.25, -0.2) is 0 Å². The van der Waals surface area contributed by atoms with Crippen LogP contribution in [0.3, 0.4) is 0 Å². The molecule has 1 saturated heterocycles. The highest BCUT2D eigenvalue weighted by Crippen LogP contribution is 2.47. The van der Waals surface area contributed by atoms with Crippen molar-refractivity contribution in [1.29, 1.82) is 0 Å². The van der Waals surface area contributed by atoms with Crippen LogP contribution in [0, 0.1) is 11.8 Å². The SMILES string of the molecule is CNC(=O)CC1CCN(Cc2ccc(C3CC3C)o2)CC1. The van der Waals surface area contributed by atoms with Crippen LogP contribution in [0.15, 0.2) is 16.5 Å². The van der Waals surface area contributed by atoms with Crippen LogP contribution in [0.1, 0.15) is 50.0 Å². The Balaban J connectivity index is 1.45. The number of carbonyl (C=O) groups excluding carboxylic acids is 1. The fourth-order valence-electron chi connectivity index (χ4n) is 3.33. The van der Waals surface area contributed by atoms with Crippen LogP contribution in [-0.2, 0) is 11.3 Å². The Morgan fingerprint density at radius 2 is 2.10 bits per heavy atom. The van der Waals surface area contributed by atoms with Gasteiger partial charge in [-0.2, -0.15) is 0 Å². The summed E-state index contributed by atoms with van der Waals surface area (Å²) in [6, 6.07) is 4.29. The Hall–Kier alpha value is -1.29. The smallest absolute Gasteiger partial charge is 0.220 e. The average Bonchev–Trinajstić information content (AvgIpc) is 3.04. The van der Waals surface area contributed by atoms with Crippen molar-refractivity contribution < 1.29 is 9.21 Å². The lowest BCUT2D eigenvalue weighted by atomic mass is 9.93. The number of piperidine rings is 1. The van der Waals surface area contributed by atoms with Gasteiger partial charge in [-0.3, -0.25) is 9.69 Å². The van der Waals surface area contributed by atoms with Crippen LogP contribution in [0.2, 0.25) is 0 Å². The summed E-state index contributed by atoms with van der Waals surface area (Å²) in [6.45, 7) is 5.33. The first-order valence-electron chi connectivity index (χ1n) is 8.17. The molecular formula is C17H26N2O2. The Kier molecular flexibility index (Phi) is 4.34. The van der Waals surface area contributed by atoms with Crippen LogP contribution in [0.25, 0.3) is 0 Å². The van der Waals surface area contributed by atoms with Gasteiger partial charge in [-0.05, 0) is 56.3 Å². The second-order valence-electron chi connectivity index (χ2n) is 6.72. The first-order valence-corrected chi connectivity index (χ1v) is 8.17. The maximum Gasteiger partial charge on any atom is 0.220 e. The summed E-state index contributed by atoms with van der Waals surface area (Å²) in [5.41, 5.74) is 0. The van der Waals surface area contributed by atoms with Crippen molar-refractivity contribution in [3.05, 3.63) is 23.7 Å². The zero-order valence-electron chi connectivity index (χ0n) is 13.1. The van der Waals surface area contributed by atoms with Gasteiger partial charge in [0.05, 0.1) is 6.54 Å². The maximum atomic E-state index is 11.4. The molecule has 2 fully saturated rings. The minimum Gasteiger partial charge on any atom is -0.464 e. The zero-order valence-corrected chi connectivity index (χ0v) is 13.1. The largest absolute Gasteiger partial charge is 0.464 e. The van der Waals surface area contributed by atoms with Gasteiger partial charge in [-0.1, -0.05) is 6.92 Å². The minimum absolute atomic E-state index is 0.169. The Morgan fingerprint density at radius 1 is 1.38 bits per heavy atom. The number of likely N-dealkylation sites (tertiary alicyclic amines) is 1. The number of amides is 1. The van der Waals surface area contributed by atoms with Gasteiger partial charge in [0.25, 0.3) is 0 Å². The molecule has 1 aromatic rings. The van der Waals surface area contributed by atoms with Crippen LogP contribution >= 0.6 is 0 Å². The van der Waals surface area contributed by atoms with Gasteiger partial charge < -0.3 is 9.73 Å². The fraction of sp³-hybridized carbons (Fsp3) is 0.706. The van der Waals surface area contributed by atoms with E-state index in [4.69, 9.17) is 4.42 Å². The molecule has 0 aromatic carbocycles. The molecule has 1 aliphatic carbocycles. The first kappa shape index (κ1) is 14.6. The lowest BCUT2D eigenvalue weighted by molar-refractivity contribution is -0.121. The Labute approximate surface area is 126 Å². The summed E-state index contributed by atoms with van der Waals surface area (Å²) >= 11 is 0. The van der Waals surface area contributed by atoms with Crippen molar-refractivity contribution >= 4 is 5.91 Å². The molecule has 1 aliphatic heterocycles. The lowest BCUT2D eigenvalue weighted by Gasteiger charge is -2.30. The van der Waals surface area contributed by atoms with Crippen LogP contribution in [0.5, 0.6) is 0 Å². The third-order valence-electron chi connectivity index (χ3n) is 5.00. The summed E-state index contributed by atoms with van der Waals surface area (Å²) in [6.07, 6.45) is 4.17. The normalized spacial score (nSPS) is 26.8. The molecule has 116 valence electrons. The highest BCUT2D eigenvalue weighted by atomic mass is 16.3. The highest BCUT2D eigenvalue weighted by molar-refractivity contribution is 5.75. The van der Waals surface area contributed by atoms with Gasteiger partial charge in [0.15, 0.2) is 0 Å². The molecule has 2 unspecified atom stereocenters. The second-order valence-corrected chi connectivity index (χ2v) is 6.72. The number of hydrogen-bond acceptors (Lipinski definition) is 3. The molecule has 1 aromatic heterocycles. The monoisotopic (exact) mass is 290 g/mol. The number of rotatable bonds is 5. The van der Waals surface area contributed by atoms with Gasteiger partial charge in [0, 0.05) is 19.4 Å². The number of nitrogens with zero attached hydrogens (tertiary/aromatic N) is 1. The van der Waals surface area contributed by atoms with E-state index in [-0.39, 0.29) is 5.91 Å². The maximum absolute atomic E-state index is 11.4. The predicted molar refractivity (Wildman–Crippen MR) is 81.9 cm³/mol. The van der Waals surface area contributed by atoms with E-state index in [0.717, 1.165) is 44.2 Å². The van der Waals surface area contributed by atoms with E-state index in [1.807, 2.05) is 0 Å². The molecule has 3 rings (SSSR count). The average molecular weight is 290 g/mol. The fourth-order valence-corrected chi connectivity index (χ4v) is 3.33. The first-order chi connectivity index (χ1) is 10.2. The molecule has 2 atom stereocenters. The standard InChI is InChI=1S/C17H26N2O2/c1-12-9-15(12)16-4-3-14(21-16)11-19-7-5-13(6-8-19)10-17(20)18-2/h3-4,12-13,15H,5-11H2,1-2H3,(H,18,20). The molecule has 4 nitrogen and oxygen atoms in total. The Bertz CT molecular complexity index is 489. The summed E-state index contributed by atoms with van der Waals surface area (Å²) in [7, 11) is 1.71. The second kappa shape index (κ2) is 6.22. The van der Waals surface area contributed by atoms with Gasteiger partial charge in [-0.15, -0.1) is 0 Å². The van der Waals surface area contributed by atoms with Crippen LogP contribution in [-0.4, -0.2) is 30.9 Å². The molecule has 0 spiro atoms. The minimum atomic E-state index is 0.169. The van der Waals surface area contributed by atoms with Crippen LogP contribution < -0.4 is 5.32 Å². The van der Waals surface area contributed by atoms with Gasteiger partial charge in [0.2, 0.25) is 5.91 Å². The molecule has 1 N–H and O–H groups in total. The van der Waals surface area contributed by atoms with Gasteiger partial charge in [0.1, 0.15) is 11.5 Å². The van der Waals surface area contributed by atoms with Crippen molar-refractivity contribution in [2.45, 2.75) is 45.1 Å². The summed E-state index contributed by atoms with van der Waals surface area (Å²) in [5.74, 6) is 4.44. The molecule has 21 heavy (non-hydrogen) atoms. The molecule has 2 heterocycles. The number of carbonyl (C=O) groups is 1.